The van der Waals surface area contributed by atoms with Crippen LogP contribution >= 0.6 is 0 Å². The fraction of sp³-hybridized carbons (Fsp3) is 0.273. The number of nitrogens with zero attached hydrogens (tertiary/aromatic N) is 2. The first kappa shape index (κ1) is 20.4. The lowest BCUT2D eigenvalue weighted by Crippen LogP contribution is -2.32. The van der Waals surface area contributed by atoms with Gasteiger partial charge in [0, 0.05) is 31.9 Å². The molecule has 29 heavy (non-hydrogen) atoms. The zero-order chi connectivity index (χ0) is 21.1. The maximum Gasteiger partial charge on any atom is 0.295 e. The number of carbonyl (C=O) groups excluding carboxylic acids is 2. The average molecular weight is 396 g/mol. The Morgan fingerprint density at radius 2 is 1.69 bits per heavy atom. The number of carbonyl (C=O) groups is 2. The van der Waals surface area contributed by atoms with Crippen molar-refractivity contribution in [2.24, 2.45) is 0 Å². The largest absolute Gasteiger partial charge is 0.507 e. The van der Waals surface area contributed by atoms with Crippen LogP contribution in [0, 0.1) is 0 Å². The standard InChI is InChI=1S/C22H24N2O5/c1-23(2)16-8-4-14(5-9-16)19-18(21(27)22(28)24(19)12-13-25)20(26)15-6-10-17(29-3)11-7-15/h4-11,19,25-26H,12-13H2,1-3H3/t19-/m1/s1. The Kier molecular flexibility index (Phi) is 5.89. The number of hydrogen-bond donors (Lipinski definition) is 2. The molecule has 2 N–H and O–H groups in total. The third-order valence-corrected chi connectivity index (χ3v) is 4.97. The SMILES string of the molecule is COc1ccc(C(O)=C2C(=O)C(=O)N(CCO)[C@@H]2c2ccc(N(C)C)cc2)cc1. The lowest BCUT2D eigenvalue weighted by Gasteiger charge is -2.25. The third kappa shape index (κ3) is 3.82. The van der Waals surface area contributed by atoms with Crippen molar-refractivity contribution in [2.75, 3.05) is 39.3 Å². The molecule has 0 bridgehead atoms. The van der Waals surface area contributed by atoms with E-state index >= 15 is 0 Å². The molecule has 0 aliphatic carbocycles. The number of hydrogen-bond acceptors (Lipinski definition) is 6. The molecule has 1 heterocycles. The van der Waals surface area contributed by atoms with Gasteiger partial charge in [0.1, 0.15) is 11.5 Å². The molecule has 0 aromatic heterocycles. The number of rotatable bonds is 6. The summed E-state index contributed by atoms with van der Waals surface area (Å²) < 4.78 is 5.12. The van der Waals surface area contributed by atoms with Crippen LogP contribution in [0.5, 0.6) is 5.75 Å². The molecule has 7 nitrogen and oxygen atoms in total. The lowest BCUT2D eigenvalue weighted by atomic mass is 9.95. The van der Waals surface area contributed by atoms with Crippen molar-refractivity contribution < 1.29 is 24.5 Å². The monoisotopic (exact) mass is 396 g/mol. The Balaban J connectivity index is 2.12. The van der Waals surface area contributed by atoms with Crippen molar-refractivity contribution >= 4 is 23.1 Å². The Morgan fingerprint density at radius 1 is 1.07 bits per heavy atom. The number of ketones is 1. The van der Waals surface area contributed by atoms with Crippen LogP contribution in [0.2, 0.25) is 0 Å². The number of likely N-dealkylation sites (tertiary alicyclic amines) is 1. The molecule has 0 radical (unpaired) electrons. The molecule has 0 saturated carbocycles. The second-order valence-corrected chi connectivity index (χ2v) is 6.93. The first-order valence-corrected chi connectivity index (χ1v) is 9.20. The number of aliphatic hydroxyl groups is 2. The molecule has 1 atom stereocenters. The number of benzene rings is 2. The summed E-state index contributed by atoms with van der Waals surface area (Å²) in [5.74, 6) is -1.16. The van der Waals surface area contributed by atoms with Gasteiger partial charge >= 0.3 is 0 Å². The summed E-state index contributed by atoms with van der Waals surface area (Å²) in [6, 6.07) is 13.2. The van der Waals surface area contributed by atoms with Gasteiger partial charge in [-0.25, -0.2) is 0 Å². The summed E-state index contributed by atoms with van der Waals surface area (Å²) in [6.45, 7) is -0.300. The highest BCUT2D eigenvalue weighted by molar-refractivity contribution is 6.46. The Morgan fingerprint density at radius 3 is 2.21 bits per heavy atom. The van der Waals surface area contributed by atoms with Crippen molar-refractivity contribution in [1.29, 1.82) is 0 Å². The zero-order valence-corrected chi connectivity index (χ0v) is 16.6. The van der Waals surface area contributed by atoms with Gasteiger partial charge in [-0.3, -0.25) is 9.59 Å². The number of Topliss-reactive ketones (excluding diaryl/α,β-unsaturated/α-hetero) is 1. The quantitative estimate of drug-likeness (QED) is 0.442. The van der Waals surface area contributed by atoms with E-state index in [0.717, 1.165) is 5.69 Å². The highest BCUT2D eigenvalue weighted by Crippen LogP contribution is 2.39. The molecule has 3 rings (SSSR count). The van der Waals surface area contributed by atoms with Gasteiger partial charge in [-0.05, 0) is 42.0 Å². The summed E-state index contributed by atoms with van der Waals surface area (Å²) in [6.07, 6.45) is 0. The zero-order valence-electron chi connectivity index (χ0n) is 16.6. The molecule has 1 saturated heterocycles. The molecular weight excluding hydrogens is 372 g/mol. The number of amides is 1. The van der Waals surface area contributed by atoms with Gasteiger partial charge in [0.25, 0.3) is 11.7 Å². The summed E-state index contributed by atoms with van der Waals surface area (Å²) in [5, 5.41) is 20.3. The predicted molar refractivity (Wildman–Crippen MR) is 110 cm³/mol. The fourth-order valence-electron chi connectivity index (χ4n) is 3.42. The van der Waals surface area contributed by atoms with Gasteiger partial charge in [0.05, 0.1) is 25.3 Å². The molecular formula is C22H24N2O5. The van der Waals surface area contributed by atoms with Crippen LogP contribution in [0.4, 0.5) is 5.69 Å². The molecule has 2 aromatic carbocycles. The lowest BCUT2D eigenvalue weighted by molar-refractivity contribution is -0.140. The molecule has 1 aliphatic rings. The van der Waals surface area contributed by atoms with Crippen LogP contribution in [0.15, 0.2) is 54.1 Å². The molecule has 2 aromatic rings. The van der Waals surface area contributed by atoms with E-state index in [2.05, 4.69) is 0 Å². The number of methoxy groups -OCH3 is 1. The van der Waals surface area contributed by atoms with E-state index in [0.29, 0.717) is 16.9 Å². The Bertz CT molecular complexity index is 933. The van der Waals surface area contributed by atoms with Crippen LogP contribution in [-0.4, -0.2) is 61.2 Å². The van der Waals surface area contributed by atoms with E-state index in [1.165, 1.54) is 12.0 Å². The van der Waals surface area contributed by atoms with Crippen LogP contribution in [0.3, 0.4) is 0 Å². The molecule has 1 amide bonds. The fourth-order valence-corrected chi connectivity index (χ4v) is 3.42. The molecule has 0 spiro atoms. The van der Waals surface area contributed by atoms with E-state index in [4.69, 9.17) is 4.74 Å². The Labute approximate surface area is 169 Å². The topological polar surface area (TPSA) is 90.3 Å². The summed E-state index contributed by atoms with van der Waals surface area (Å²) in [4.78, 5) is 28.6. The smallest absolute Gasteiger partial charge is 0.295 e. The highest BCUT2D eigenvalue weighted by atomic mass is 16.5. The van der Waals surface area contributed by atoms with Crippen molar-refractivity contribution in [3.8, 4) is 5.75 Å². The maximum atomic E-state index is 12.8. The summed E-state index contributed by atoms with van der Waals surface area (Å²) in [7, 11) is 5.36. The molecule has 0 unspecified atom stereocenters. The normalized spacial score (nSPS) is 18.2. The number of β-amino-alcohol motifs (C(OH)–C–C–N with tert-alkyl or cyclic N) is 1. The average Bonchev–Trinajstić information content (AvgIpc) is 2.98. The van der Waals surface area contributed by atoms with Crippen molar-refractivity contribution in [3.63, 3.8) is 0 Å². The second kappa shape index (κ2) is 8.36. The number of aliphatic hydroxyl groups excluding tert-OH is 2. The van der Waals surface area contributed by atoms with Crippen LogP contribution in [0.1, 0.15) is 17.2 Å². The molecule has 1 fully saturated rings. The van der Waals surface area contributed by atoms with Gasteiger partial charge in [-0.2, -0.15) is 0 Å². The van der Waals surface area contributed by atoms with Crippen LogP contribution < -0.4 is 9.64 Å². The minimum absolute atomic E-state index is 0.00576. The minimum Gasteiger partial charge on any atom is -0.507 e. The van der Waals surface area contributed by atoms with Gasteiger partial charge < -0.3 is 24.7 Å². The third-order valence-electron chi connectivity index (χ3n) is 4.97. The van der Waals surface area contributed by atoms with E-state index < -0.39 is 17.7 Å². The number of anilines is 1. The predicted octanol–water partition coefficient (Wildman–Crippen LogP) is 2.18. The molecule has 7 heteroatoms. The first-order valence-electron chi connectivity index (χ1n) is 9.20. The summed E-state index contributed by atoms with van der Waals surface area (Å²) in [5.41, 5.74) is 2.05. The number of ether oxygens (including phenoxy) is 1. The maximum absolute atomic E-state index is 12.8. The second-order valence-electron chi connectivity index (χ2n) is 6.93. The van der Waals surface area contributed by atoms with Crippen molar-refractivity contribution in [2.45, 2.75) is 6.04 Å². The van der Waals surface area contributed by atoms with Gasteiger partial charge in [-0.1, -0.05) is 12.1 Å². The van der Waals surface area contributed by atoms with Gasteiger partial charge in [0.15, 0.2) is 0 Å². The summed E-state index contributed by atoms with van der Waals surface area (Å²) >= 11 is 0. The van der Waals surface area contributed by atoms with Crippen molar-refractivity contribution in [3.05, 3.63) is 65.2 Å². The minimum atomic E-state index is -0.777. The van der Waals surface area contributed by atoms with Crippen LogP contribution in [-0.2, 0) is 9.59 Å². The van der Waals surface area contributed by atoms with Gasteiger partial charge in [-0.15, -0.1) is 0 Å². The highest BCUT2D eigenvalue weighted by Gasteiger charge is 2.45. The van der Waals surface area contributed by atoms with E-state index in [-0.39, 0.29) is 24.5 Å². The van der Waals surface area contributed by atoms with E-state index in [1.807, 2.05) is 43.3 Å². The molecule has 152 valence electrons. The van der Waals surface area contributed by atoms with Gasteiger partial charge in [0.2, 0.25) is 0 Å². The van der Waals surface area contributed by atoms with E-state index in [1.54, 1.807) is 24.3 Å². The molecule has 1 aliphatic heterocycles. The Hall–Kier alpha value is -3.32. The van der Waals surface area contributed by atoms with Crippen molar-refractivity contribution in [1.82, 2.24) is 4.90 Å². The first-order chi connectivity index (χ1) is 13.9. The van der Waals surface area contributed by atoms with E-state index in [9.17, 15) is 19.8 Å². The van der Waals surface area contributed by atoms with Crippen LogP contribution in [0.25, 0.3) is 5.76 Å².